The molecule has 0 saturated carbocycles. The van der Waals surface area contributed by atoms with Crippen molar-refractivity contribution < 1.29 is 17.3 Å². The van der Waals surface area contributed by atoms with Crippen molar-refractivity contribution in [3.8, 4) is 0 Å². The second-order valence-electron chi connectivity index (χ2n) is 7.42. The average Bonchev–Trinajstić information content (AvgIpc) is 3.12. The fourth-order valence-corrected chi connectivity index (χ4v) is 5.10. The molecule has 0 atom stereocenters. The molecule has 29 heavy (non-hydrogen) atoms. The predicted octanol–water partition coefficient (Wildman–Crippen LogP) is 3.34. The number of likely N-dealkylation sites (tertiary alicyclic amines) is 1. The normalized spacial score (nSPS) is 16.4. The molecule has 1 saturated heterocycles. The second kappa shape index (κ2) is 8.61. The van der Waals surface area contributed by atoms with Gasteiger partial charge >= 0.3 is 0 Å². The highest BCUT2D eigenvalue weighted by Crippen LogP contribution is 2.21. The Morgan fingerprint density at radius 3 is 2.66 bits per heavy atom. The Bertz CT molecular complexity index is 1060. The first-order chi connectivity index (χ1) is 14.0. The fourth-order valence-electron chi connectivity index (χ4n) is 3.78. The van der Waals surface area contributed by atoms with Crippen molar-refractivity contribution in [2.45, 2.75) is 36.6 Å². The SMILES string of the molecule is O=S(=O)(NC1CCN(CCCc2noc3cc(F)ccc23)CC1)c1ccccc1. The fraction of sp³-hybridized carbons (Fsp3) is 0.381. The van der Waals surface area contributed by atoms with Gasteiger partial charge in [0.25, 0.3) is 0 Å². The largest absolute Gasteiger partial charge is 0.356 e. The predicted molar refractivity (Wildman–Crippen MR) is 109 cm³/mol. The molecule has 4 rings (SSSR count). The highest BCUT2D eigenvalue weighted by atomic mass is 32.2. The van der Waals surface area contributed by atoms with E-state index in [0.717, 1.165) is 56.4 Å². The van der Waals surface area contributed by atoms with Crippen LogP contribution in [0.2, 0.25) is 0 Å². The maximum atomic E-state index is 13.2. The number of hydrogen-bond donors (Lipinski definition) is 1. The summed E-state index contributed by atoms with van der Waals surface area (Å²) < 4.78 is 46.2. The van der Waals surface area contributed by atoms with Crippen molar-refractivity contribution in [1.29, 1.82) is 0 Å². The molecule has 0 radical (unpaired) electrons. The van der Waals surface area contributed by atoms with Gasteiger partial charge in [-0.05, 0) is 69.6 Å². The molecule has 3 aromatic rings. The molecule has 0 spiro atoms. The minimum atomic E-state index is -3.46. The number of rotatable bonds is 7. The van der Waals surface area contributed by atoms with E-state index < -0.39 is 10.0 Å². The Hall–Kier alpha value is -2.29. The van der Waals surface area contributed by atoms with E-state index in [1.54, 1.807) is 36.4 Å². The van der Waals surface area contributed by atoms with Gasteiger partial charge in [-0.3, -0.25) is 0 Å². The summed E-state index contributed by atoms with van der Waals surface area (Å²) in [6.07, 6.45) is 3.26. The van der Waals surface area contributed by atoms with E-state index in [4.69, 9.17) is 4.52 Å². The van der Waals surface area contributed by atoms with Gasteiger partial charge in [-0.2, -0.15) is 0 Å². The van der Waals surface area contributed by atoms with Crippen LogP contribution in [0.3, 0.4) is 0 Å². The van der Waals surface area contributed by atoms with Crippen molar-refractivity contribution in [3.05, 3.63) is 60.0 Å². The third-order valence-corrected chi connectivity index (χ3v) is 6.90. The van der Waals surface area contributed by atoms with Crippen LogP contribution in [-0.4, -0.2) is 44.2 Å². The molecule has 154 valence electrons. The van der Waals surface area contributed by atoms with Gasteiger partial charge in [0.05, 0.1) is 10.6 Å². The van der Waals surface area contributed by atoms with Crippen molar-refractivity contribution >= 4 is 21.0 Å². The highest BCUT2D eigenvalue weighted by Gasteiger charge is 2.24. The van der Waals surface area contributed by atoms with Gasteiger partial charge in [0.2, 0.25) is 10.0 Å². The Balaban J connectivity index is 1.24. The molecule has 0 unspecified atom stereocenters. The van der Waals surface area contributed by atoms with Gasteiger partial charge in [0, 0.05) is 17.5 Å². The lowest BCUT2D eigenvalue weighted by Crippen LogP contribution is -2.44. The molecule has 0 bridgehead atoms. The summed E-state index contributed by atoms with van der Waals surface area (Å²) in [5.74, 6) is -0.328. The highest BCUT2D eigenvalue weighted by molar-refractivity contribution is 7.89. The standard InChI is InChI=1S/C21H24FN3O3S/c22-16-8-9-19-20(23-28-21(19)15-16)7-4-12-25-13-10-17(11-14-25)24-29(26,27)18-5-2-1-3-6-18/h1-3,5-6,8-9,15,17,24H,4,7,10-14H2. The van der Waals surface area contributed by atoms with Crippen LogP contribution in [0.5, 0.6) is 0 Å². The van der Waals surface area contributed by atoms with Gasteiger partial charge in [0.1, 0.15) is 5.82 Å². The zero-order valence-corrected chi connectivity index (χ0v) is 16.9. The molecule has 0 amide bonds. The van der Waals surface area contributed by atoms with E-state index in [1.807, 2.05) is 0 Å². The molecule has 1 fully saturated rings. The van der Waals surface area contributed by atoms with E-state index >= 15 is 0 Å². The quantitative estimate of drug-likeness (QED) is 0.638. The van der Waals surface area contributed by atoms with Crippen LogP contribution in [0.1, 0.15) is 25.0 Å². The second-order valence-corrected chi connectivity index (χ2v) is 9.14. The third kappa shape index (κ3) is 4.83. The minimum absolute atomic E-state index is 0.0363. The van der Waals surface area contributed by atoms with Gasteiger partial charge in [-0.25, -0.2) is 17.5 Å². The van der Waals surface area contributed by atoms with Crippen molar-refractivity contribution in [2.24, 2.45) is 0 Å². The monoisotopic (exact) mass is 417 g/mol. The van der Waals surface area contributed by atoms with Gasteiger partial charge in [0.15, 0.2) is 5.58 Å². The number of fused-ring (bicyclic) bond motifs is 1. The smallest absolute Gasteiger partial charge is 0.240 e. The molecule has 1 aliphatic heterocycles. The van der Waals surface area contributed by atoms with E-state index in [0.29, 0.717) is 10.5 Å². The molecular formula is C21H24FN3O3S. The zero-order valence-electron chi connectivity index (χ0n) is 16.1. The summed E-state index contributed by atoms with van der Waals surface area (Å²) in [4.78, 5) is 2.65. The number of sulfonamides is 1. The van der Waals surface area contributed by atoms with Gasteiger partial charge in [-0.1, -0.05) is 23.4 Å². The van der Waals surface area contributed by atoms with Crippen LogP contribution in [0.25, 0.3) is 11.0 Å². The molecule has 2 aromatic carbocycles. The molecule has 1 aliphatic rings. The number of nitrogens with zero attached hydrogens (tertiary/aromatic N) is 2. The summed E-state index contributed by atoms with van der Waals surface area (Å²) >= 11 is 0. The number of halogens is 1. The van der Waals surface area contributed by atoms with Crippen molar-refractivity contribution in [2.75, 3.05) is 19.6 Å². The number of nitrogens with one attached hydrogen (secondary N) is 1. The first kappa shape index (κ1) is 20.0. The van der Waals surface area contributed by atoms with Gasteiger partial charge < -0.3 is 9.42 Å². The van der Waals surface area contributed by atoms with Crippen LogP contribution < -0.4 is 4.72 Å². The number of aryl methyl sites for hydroxylation is 1. The first-order valence-electron chi connectivity index (χ1n) is 9.85. The zero-order chi connectivity index (χ0) is 20.3. The Morgan fingerprint density at radius 2 is 1.90 bits per heavy atom. The van der Waals surface area contributed by atoms with E-state index in [9.17, 15) is 12.8 Å². The number of benzene rings is 2. The van der Waals surface area contributed by atoms with Crippen LogP contribution >= 0.6 is 0 Å². The Morgan fingerprint density at radius 1 is 1.14 bits per heavy atom. The van der Waals surface area contributed by atoms with E-state index in [-0.39, 0.29) is 11.9 Å². The Labute approximate surface area is 169 Å². The molecule has 0 aliphatic carbocycles. The Kier molecular flexibility index (Phi) is 5.94. The van der Waals surface area contributed by atoms with Crippen molar-refractivity contribution in [3.63, 3.8) is 0 Å². The number of hydrogen-bond acceptors (Lipinski definition) is 5. The van der Waals surface area contributed by atoms with E-state index in [2.05, 4.69) is 14.8 Å². The maximum Gasteiger partial charge on any atom is 0.240 e. The number of piperidine rings is 1. The first-order valence-corrected chi connectivity index (χ1v) is 11.3. The van der Waals surface area contributed by atoms with Crippen LogP contribution in [0, 0.1) is 5.82 Å². The van der Waals surface area contributed by atoms with Gasteiger partial charge in [-0.15, -0.1) is 0 Å². The molecule has 8 heteroatoms. The molecule has 1 aromatic heterocycles. The molecule has 1 N–H and O–H groups in total. The maximum absolute atomic E-state index is 13.2. The molecule has 2 heterocycles. The van der Waals surface area contributed by atoms with Crippen LogP contribution in [0.4, 0.5) is 4.39 Å². The third-order valence-electron chi connectivity index (χ3n) is 5.36. The van der Waals surface area contributed by atoms with E-state index in [1.165, 1.54) is 12.1 Å². The summed E-state index contributed by atoms with van der Waals surface area (Å²) in [5.41, 5.74) is 1.33. The minimum Gasteiger partial charge on any atom is -0.356 e. The summed E-state index contributed by atoms with van der Waals surface area (Å²) in [6.45, 7) is 2.62. The summed E-state index contributed by atoms with van der Waals surface area (Å²) in [5, 5.41) is 4.92. The van der Waals surface area contributed by atoms with Crippen LogP contribution in [0.15, 0.2) is 57.9 Å². The van der Waals surface area contributed by atoms with Crippen LogP contribution in [-0.2, 0) is 16.4 Å². The molecule has 6 nitrogen and oxygen atoms in total. The summed E-state index contributed by atoms with van der Waals surface area (Å²) in [7, 11) is -3.46. The number of aromatic nitrogens is 1. The molecular weight excluding hydrogens is 393 g/mol. The van der Waals surface area contributed by atoms with Crippen molar-refractivity contribution in [1.82, 2.24) is 14.8 Å². The lowest BCUT2D eigenvalue weighted by Gasteiger charge is -2.32. The lowest BCUT2D eigenvalue weighted by molar-refractivity contribution is 0.205. The summed E-state index contributed by atoms with van der Waals surface area (Å²) in [6, 6.07) is 12.9. The topological polar surface area (TPSA) is 75.4 Å². The lowest BCUT2D eigenvalue weighted by atomic mass is 10.1. The average molecular weight is 418 g/mol.